The standard InChI is InChI=1S/C28H47NO8/c1-18(2)20(14-19-10-11-23(35-8)24(15-19)36-13-9-12-34-7)16-21(25(31)37-27(3,4)5)22(30)17-28(6,29)26(32)33/h10-11,15,18,20-22,30H,9,12-14,16-17,29H2,1-8H3,(H,32,33)/t20-,21+,22+,28-/m1/s1. The number of aliphatic hydroxyl groups excluding tert-OH is 1. The minimum atomic E-state index is -1.68. The zero-order valence-electron chi connectivity index (χ0n) is 23.7. The summed E-state index contributed by atoms with van der Waals surface area (Å²) in [6.45, 7) is 11.8. The average Bonchev–Trinajstić information content (AvgIpc) is 2.77. The van der Waals surface area contributed by atoms with Crippen LogP contribution in [0.5, 0.6) is 11.5 Å². The minimum absolute atomic E-state index is 0.0178. The summed E-state index contributed by atoms with van der Waals surface area (Å²) in [4.78, 5) is 24.7. The molecule has 9 nitrogen and oxygen atoms in total. The van der Waals surface area contributed by atoms with Gasteiger partial charge in [0.1, 0.15) is 11.1 Å². The molecule has 37 heavy (non-hydrogen) atoms. The number of benzene rings is 1. The van der Waals surface area contributed by atoms with Crippen molar-refractivity contribution in [1.82, 2.24) is 0 Å². The van der Waals surface area contributed by atoms with Gasteiger partial charge < -0.3 is 34.9 Å². The number of nitrogens with two attached hydrogens (primary N) is 1. The Labute approximate surface area is 221 Å². The Morgan fingerprint density at radius 2 is 1.70 bits per heavy atom. The van der Waals surface area contributed by atoms with Gasteiger partial charge in [0.15, 0.2) is 11.5 Å². The van der Waals surface area contributed by atoms with Crippen LogP contribution in [0.15, 0.2) is 18.2 Å². The van der Waals surface area contributed by atoms with Crippen LogP contribution in [0.3, 0.4) is 0 Å². The molecule has 0 bridgehead atoms. The first-order valence-corrected chi connectivity index (χ1v) is 12.8. The van der Waals surface area contributed by atoms with E-state index in [9.17, 15) is 19.8 Å². The Hall–Kier alpha value is -2.36. The van der Waals surface area contributed by atoms with Gasteiger partial charge in [-0.3, -0.25) is 9.59 Å². The molecule has 0 aliphatic rings. The molecule has 0 aliphatic heterocycles. The fourth-order valence-electron chi connectivity index (χ4n) is 4.02. The first-order chi connectivity index (χ1) is 17.1. The quantitative estimate of drug-likeness (QED) is 0.217. The lowest BCUT2D eigenvalue weighted by Gasteiger charge is -2.33. The lowest BCUT2D eigenvalue weighted by molar-refractivity contribution is -0.166. The third-order valence-electron chi connectivity index (χ3n) is 6.27. The summed E-state index contributed by atoms with van der Waals surface area (Å²) in [5.41, 5.74) is 4.45. The van der Waals surface area contributed by atoms with Crippen LogP contribution in [0.4, 0.5) is 0 Å². The van der Waals surface area contributed by atoms with E-state index in [1.165, 1.54) is 6.92 Å². The highest BCUT2D eigenvalue weighted by molar-refractivity contribution is 5.78. The van der Waals surface area contributed by atoms with Crippen molar-refractivity contribution in [2.75, 3.05) is 27.4 Å². The summed E-state index contributed by atoms with van der Waals surface area (Å²) in [6.07, 6.45) is 0.0990. The van der Waals surface area contributed by atoms with Crippen LogP contribution in [0, 0.1) is 17.8 Å². The smallest absolute Gasteiger partial charge is 0.323 e. The number of methoxy groups -OCH3 is 2. The molecule has 0 aromatic heterocycles. The number of aliphatic hydroxyl groups is 1. The van der Waals surface area contributed by atoms with E-state index in [1.807, 2.05) is 18.2 Å². The van der Waals surface area contributed by atoms with E-state index in [4.69, 9.17) is 24.7 Å². The third-order valence-corrected chi connectivity index (χ3v) is 6.27. The number of esters is 1. The molecular formula is C28H47NO8. The van der Waals surface area contributed by atoms with Crippen molar-refractivity contribution in [3.05, 3.63) is 23.8 Å². The fraction of sp³-hybridized carbons (Fsp3) is 0.714. The summed E-state index contributed by atoms with van der Waals surface area (Å²) in [6, 6.07) is 5.74. The normalized spacial score (nSPS) is 16.0. The van der Waals surface area contributed by atoms with Crippen molar-refractivity contribution in [3.8, 4) is 11.5 Å². The van der Waals surface area contributed by atoms with Gasteiger partial charge in [-0.05, 0) is 70.1 Å². The maximum absolute atomic E-state index is 13.2. The fourth-order valence-corrected chi connectivity index (χ4v) is 4.02. The number of carbonyl (C=O) groups excluding carboxylic acids is 1. The molecule has 212 valence electrons. The van der Waals surface area contributed by atoms with Crippen molar-refractivity contribution in [2.24, 2.45) is 23.5 Å². The number of carboxylic acid groups (broad SMARTS) is 1. The molecule has 0 heterocycles. The second kappa shape index (κ2) is 14.5. The molecule has 1 aromatic rings. The largest absolute Gasteiger partial charge is 0.493 e. The summed E-state index contributed by atoms with van der Waals surface area (Å²) >= 11 is 0. The molecule has 9 heteroatoms. The Morgan fingerprint density at radius 1 is 1.05 bits per heavy atom. The molecule has 0 spiro atoms. The number of rotatable bonds is 16. The molecule has 1 aromatic carbocycles. The lowest BCUT2D eigenvalue weighted by Crippen LogP contribution is -2.50. The van der Waals surface area contributed by atoms with E-state index in [2.05, 4.69) is 13.8 Å². The van der Waals surface area contributed by atoms with Gasteiger partial charge in [-0.25, -0.2) is 0 Å². The second-order valence-corrected chi connectivity index (χ2v) is 11.3. The first kappa shape index (κ1) is 32.7. The molecule has 1 rings (SSSR count). The highest BCUT2D eigenvalue weighted by Gasteiger charge is 2.39. The number of ether oxygens (including phenoxy) is 4. The minimum Gasteiger partial charge on any atom is -0.493 e. The van der Waals surface area contributed by atoms with Crippen molar-refractivity contribution >= 4 is 11.9 Å². The van der Waals surface area contributed by atoms with Gasteiger partial charge in [0, 0.05) is 26.6 Å². The Morgan fingerprint density at radius 3 is 2.22 bits per heavy atom. The average molecular weight is 526 g/mol. The SMILES string of the molecule is COCCCOc1cc(C[C@H](C[C@H](C(=O)OC(C)(C)C)[C@@H](O)C[C@@](C)(N)C(=O)O)C(C)C)ccc1OC. The second-order valence-electron chi connectivity index (χ2n) is 11.3. The third kappa shape index (κ3) is 11.3. The molecule has 0 amide bonds. The summed E-state index contributed by atoms with van der Waals surface area (Å²) in [5, 5.41) is 20.5. The van der Waals surface area contributed by atoms with Gasteiger partial charge in [0.25, 0.3) is 0 Å². The maximum atomic E-state index is 13.2. The maximum Gasteiger partial charge on any atom is 0.323 e. The molecule has 0 aliphatic carbocycles. The highest BCUT2D eigenvalue weighted by Crippen LogP contribution is 2.34. The number of hydrogen-bond acceptors (Lipinski definition) is 8. The number of carboxylic acids is 1. The summed E-state index contributed by atoms with van der Waals surface area (Å²) in [5.74, 6) is -1.35. The lowest BCUT2D eigenvalue weighted by atomic mass is 9.78. The Kier molecular flexibility index (Phi) is 12.8. The Bertz CT molecular complexity index is 862. The van der Waals surface area contributed by atoms with Crippen molar-refractivity contribution in [2.45, 2.75) is 84.5 Å². The van der Waals surface area contributed by atoms with E-state index >= 15 is 0 Å². The van der Waals surface area contributed by atoms with Crippen molar-refractivity contribution in [1.29, 1.82) is 0 Å². The van der Waals surface area contributed by atoms with E-state index in [0.717, 1.165) is 12.0 Å². The van der Waals surface area contributed by atoms with Gasteiger partial charge in [0.05, 0.1) is 25.7 Å². The zero-order chi connectivity index (χ0) is 28.4. The number of hydrogen-bond donors (Lipinski definition) is 3. The van der Waals surface area contributed by atoms with Crippen molar-refractivity contribution in [3.63, 3.8) is 0 Å². The number of carbonyl (C=O) groups is 2. The van der Waals surface area contributed by atoms with Gasteiger partial charge in [-0.2, -0.15) is 0 Å². The molecule has 0 unspecified atom stereocenters. The van der Waals surface area contributed by atoms with Crippen LogP contribution in [0.25, 0.3) is 0 Å². The molecule has 0 saturated carbocycles. The van der Waals surface area contributed by atoms with E-state index < -0.39 is 35.1 Å². The first-order valence-electron chi connectivity index (χ1n) is 12.8. The van der Waals surface area contributed by atoms with Crippen LogP contribution >= 0.6 is 0 Å². The van der Waals surface area contributed by atoms with Crippen LogP contribution in [-0.4, -0.2) is 66.8 Å². The monoisotopic (exact) mass is 525 g/mol. The molecule has 0 saturated heterocycles. The van der Waals surface area contributed by atoms with Crippen LogP contribution in [0.1, 0.15) is 66.4 Å². The summed E-state index contributed by atoms with van der Waals surface area (Å²) in [7, 11) is 3.23. The van der Waals surface area contributed by atoms with Crippen LogP contribution in [-0.2, 0) is 25.5 Å². The summed E-state index contributed by atoms with van der Waals surface area (Å²) < 4.78 is 22.0. The van der Waals surface area contributed by atoms with E-state index in [0.29, 0.717) is 37.6 Å². The number of aliphatic carboxylic acids is 1. The van der Waals surface area contributed by atoms with Gasteiger partial charge in [-0.1, -0.05) is 19.9 Å². The predicted octanol–water partition coefficient (Wildman–Crippen LogP) is 3.83. The van der Waals surface area contributed by atoms with Gasteiger partial charge in [0.2, 0.25) is 0 Å². The zero-order valence-corrected chi connectivity index (χ0v) is 23.7. The molecule has 4 N–H and O–H groups in total. The van der Waals surface area contributed by atoms with Crippen LogP contribution < -0.4 is 15.2 Å². The Balaban J connectivity index is 3.19. The predicted molar refractivity (Wildman–Crippen MR) is 142 cm³/mol. The van der Waals surface area contributed by atoms with Gasteiger partial charge >= 0.3 is 11.9 Å². The van der Waals surface area contributed by atoms with Gasteiger partial charge in [-0.15, -0.1) is 0 Å². The molecule has 4 atom stereocenters. The topological polar surface area (TPSA) is 138 Å². The highest BCUT2D eigenvalue weighted by atomic mass is 16.6. The van der Waals surface area contributed by atoms with E-state index in [1.54, 1.807) is 35.0 Å². The van der Waals surface area contributed by atoms with E-state index in [-0.39, 0.29) is 18.3 Å². The van der Waals surface area contributed by atoms with Crippen LogP contribution in [0.2, 0.25) is 0 Å². The molecule has 0 radical (unpaired) electrons. The van der Waals surface area contributed by atoms with Crippen molar-refractivity contribution < 1.29 is 38.7 Å². The molecule has 0 fully saturated rings. The molecular weight excluding hydrogens is 478 g/mol.